The summed E-state index contributed by atoms with van der Waals surface area (Å²) in [5, 5.41) is 13.1. The third kappa shape index (κ3) is 2.59. The quantitative estimate of drug-likeness (QED) is 0.806. The van der Waals surface area contributed by atoms with Gasteiger partial charge in [-0.25, -0.2) is 4.39 Å². The van der Waals surface area contributed by atoms with Gasteiger partial charge in [-0.3, -0.25) is 4.90 Å². The van der Waals surface area contributed by atoms with Gasteiger partial charge in [-0.05, 0) is 12.1 Å². The van der Waals surface area contributed by atoms with Gasteiger partial charge in [0.1, 0.15) is 5.82 Å². The Morgan fingerprint density at radius 2 is 1.84 bits per heavy atom. The summed E-state index contributed by atoms with van der Waals surface area (Å²) in [5.41, 5.74) is 0.687. The Morgan fingerprint density at radius 1 is 1.11 bits per heavy atom. The number of halogens is 1. The Kier molecular flexibility index (Phi) is 3.68. The number of anilines is 1. The van der Waals surface area contributed by atoms with Gasteiger partial charge >= 0.3 is 0 Å². The van der Waals surface area contributed by atoms with Gasteiger partial charge < -0.3 is 15.3 Å². The molecule has 2 aliphatic heterocycles. The van der Waals surface area contributed by atoms with E-state index in [1.807, 2.05) is 12.1 Å². The average molecular weight is 265 g/mol. The molecular formula is C14H20FN3O. The van der Waals surface area contributed by atoms with Crippen molar-refractivity contribution in [2.45, 2.75) is 12.1 Å². The van der Waals surface area contributed by atoms with Gasteiger partial charge in [-0.15, -0.1) is 0 Å². The molecule has 2 heterocycles. The van der Waals surface area contributed by atoms with Crippen LogP contribution in [0.1, 0.15) is 0 Å². The van der Waals surface area contributed by atoms with Crippen LogP contribution in [0, 0.1) is 5.82 Å². The van der Waals surface area contributed by atoms with Gasteiger partial charge in [-0.2, -0.15) is 0 Å². The zero-order chi connectivity index (χ0) is 13.2. The number of rotatable bonds is 2. The van der Waals surface area contributed by atoms with E-state index >= 15 is 0 Å². The summed E-state index contributed by atoms with van der Waals surface area (Å²) in [6.07, 6.45) is -0.278. The van der Waals surface area contributed by atoms with Crippen LogP contribution in [0.5, 0.6) is 0 Å². The summed E-state index contributed by atoms with van der Waals surface area (Å²) >= 11 is 0. The van der Waals surface area contributed by atoms with E-state index in [2.05, 4.69) is 15.1 Å². The van der Waals surface area contributed by atoms with Crippen LogP contribution in [0.4, 0.5) is 10.1 Å². The second kappa shape index (κ2) is 5.45. The highest BCUT2D eigenvalue weighted by atomic mass is 19.1. The minimum atomic E-state index is -0.278. The number of aliphatic hydroxyl groups is 1. The molecule has 3 rings (SSSR count). The molecule has 0 aliphatic carbocycles. The van der Waals surface area contributed by atoms with Crippen molar-refractivity contribution in [2.24, 2.45) is 0 Å². The zero-order valence-electron chi connectivity index (χ0n) is 10.9. The maximum Gasteiger partial charge on any atom is 0.146 e. The van der Waals surface area contributed by atoms with Crippen LogP contribution in [0.15, 0.2) is 24.3 Å². The van der Waals surface area contributed by atoms with E-state index in [1.54, 1.807) is 6.07 Å². The number of piperazine rings is 1. The van der Waals surface area contributed by atoms with E-state index in [4.69, 9.17) is 0 Å². The third-order valence-electron chi connectivity index (χ3n) is 4.13. The maximum atomic E-state index is 13.7. The van der Waals surface area contributed by atoms with Gasteiger partial charge in [0.05, 0.1) is 11.8 Å². The van der Waals surface area contributed by atoms with Crippen LogP contribution >= 0.6 is 0 Å². The molecule has 4 nitrogen and oxygen atoms in total. The Morgan fingerprint density at radius 3 is 2.47 bits per heavy atom. The maximum absolute atomic E-state index is 13.7. The Balaban J connectivity index is 1.62. The predicted molar refractivity (Wildman–Crippen MR) is 72.9 cm³/mol. The van der Waals surface area contributed by atoms with E-state index in [0.29, 0.717) is 12.2 Å². The fraction of sp³-hybridized carbons (Fsp3) is 0.571. The molecule has 2 fully saturated rings. The highest BCUT2D eigenvalue weighted by Gasteiger charge is 2.32. The van der Waals surface area contributed by atoms with Crippen LogP contribution in [0.3, 0.4) is 0 Å². The number of β-amino-alcohol motifs (C(OH)–C–C–N with tert-alkyl or cyclic N) is 1. The van der Waals surface area contributed by atoms with E-state index in [0.717, 1.165) is 32.7 Å². The number of nitrogens with one attached hydrogen (secondary N) is 1. The highest BCUT2D eigenvalue weighted by molar-refractivity contribution is 5.48. The summed E-state index contributed by atoms with van der Waals surface area (Å²) in [6.45, 7) is 4.89. The van der Waals surface area contributed by atoms with Crippen LogP contribution in [0.2, 0.25) is 0 Å². The molecule has 0 aromatic heterocycles. The standard InChI is InChI=1S/C14H20FN3O/c15-11-3-1-2-4-12(11)17-5-7-18(8-6-17)13-9-16-10-14(13)19/h1-4,13-14,16,19H,5-10H2. The molecule has 2 N–H and O–H groups in total. The molecule has 1 aromatic rings. The highest BCUT2D eigenvalue weighted by Crippen LogP contribution is 2.21. The van der Waals surface area contributed by atoms with Crippen LogP contribution in [-0.4, -0.2) is 61.4 Å². The van der Waals surface area contributed by atoms with Crippen molar-refractivity contribution < 1.29 is 9.50 Å². The lowest BCUT2D eigenvalue weighted by atomic mass is 10.1. The Labute approximate surface area is 112 Å². The van der Waals surface area contributed by atoms with Gasteiger partial charge in [0.25, 0.3) is 0 Å². The molecule has 2 aliphatic rings. The number of para-hydroxylation sites is 1. The fourth-order valence-electron chi connectivity index (χ4n) is 3.03. The normalized spacial score (nSPS) is 28.8. The van der Waals surface area contributed by atoms with Crippen LogP contribution in [0.25, 0.3) is 0 Å². The molecule has 1 aromatic carbocycles. The molecule has 0 saturated carbocycles. The van der Waals surface area contributed by atoms with Crippen molar-refractivity contribution in [2.75, 3.05) is 44.2 Å². The molecule has 2 unspecified atom stereocenters. The Bertz CT molecular complexity index is 434. The molecule has 104 valence electrons. The first-order valence-electron chi connectivity index (χ1n) is 6.88. The first-order valence-corrected chi connectivity index (χ1v) is 6.88. The molecule has 19 heavy (non-hydrogen) atoms. The smallest absolute Gasteiger partial charge is 0.146 e. The van der Waals surface area contributed by atoms with E-state index in [-0.39, 0.29) is 18.0 Å². The molecule has 2 saturated heterocycles. The first-order chi connectivity index (χ1) is 9.25. The summed E-state index contributed by atoms with van der Waals surface area (Å²) in [4.78, 5) is 4.39. The molecule has 0 amide bonds. The Hall–Kier alpha value is -1.17. The minimum absolute atomic E-state index is 0.154. The van der Waals surface area contributed by atoms with E-state index in [1.165, 1.54) is 6.07 Å². The van der Waals surface area contributed by atoms with Crippen molar-refractivity contribution in [1.82, 2.24) is 10.2 Å². The molecule has 5 heteroatoms. The van der Waals surface area contributed by atoms with Gasteiger partial charge in [0, 0.05) is 45.3 Å². The summed E-state index contributed by atoms with van der Waals surface area (Å²) in [7, 11) is 0. The summed E-state index contributed by atoms with van der Waals surface area (Å²) < 4.78 is 13.7. The van der Waals surface area contributed by atoms with Crippen molar-refractivity contribution >= 4 is 5.69 Å². The zero-order valence-corrected chi connectivity index (χ0v) is 10.9. The van der Waals surface area contributed by atoms with Crippen LogP contribution in [-0.2, 0) is 0 Å². The third-order valence-corrected chi connectivity index (χ3v) is 4.13. The number of aliphatic hydroxyl groups excluding tert-OH is 1. The van der Waals surface area contributed by atoms with Gasteiger partial charge in [0.2, 0.25) is 0 Å². The average Bonchev–Trinajstić information content (AvgIpc) is 2.86. The van der Waals surface area contributed by atoms with Crippen molar-refractivity contribution in [3.63, 3.8) is 0 Å². The first kappa shape index (κ1) is 12.8. The fourth-order valence-corrected chi connectivity index (χ4v) is 3.03. The SMILES string of the molecule is OC1CNCC1N1CCN(c2ccccc2F)CC1. The van der Waals surface area contributed by atoms with Crippen molar-refractivity contribution in [3.8, 4) is 0 Å². The van der Waals surface area contributed by atoms with Crippen molar-refractivity contribution in [1.29, 1.82) is 0 Å². The number of hydrogen-bond donors (Lipinski definition) is 2. The van der Waals surface area contributed by atoms with Gasteiger partial charge in [-0.1, -0.05) is 12.1 Å². The molecule has 0 spiro atoms. The molecular weight excluding hydrogens is 245 g/mol. The summed E-state index contributed by atoms with van der Waals surface area (Å²) in [5.74, 6) is -0.154. The molecule has 0 radical (unpaired) electrons. The minimum Gasteiger partial charge on any atom is -0.390 e. The second-order valence-electron chi connectivity index (χ2n) is 5.27. The summed E-state index contributed by atoms with van der Waals surface area (Å²) in [6, 6.07) is 7.14. The number of hydrogen-bond acceptors (Lipinski definition) is 4. The van der Waals surface area contributed by atoms with Crippen LogP contribution < -0.4 is 10.2 Å². The monoisotopic (exact) mass is 265 g/mol. The topological polar surface area (TPSA) is 38.7 Å². The van der Waals surface area contributed by atoms with E-state index < -0.39 is 0 Å². The van der Waals surface area contributed by atoms with Gasteiger partial charge in [0.15, 0.2) is 0 Å². The largest absolute Gasteiger partial charge is 0.390 e. The van der Waals surface area contributed by atoms with E-state index in [9.17, 15) is 9.50 Å². The van der Waals surface area contributed by atoms with Crippen molar-refractivity contribution in [3.05, 3.63) is 30.1 Å². The predicted octanol–water partition coefficient (Wildman–Crippen LogP) is 0.280. The lowest BCUT2D eigenvalue weighted by molar-refractivity contribution is 0.0791. The lowest BCUT2D eigenvalue weighted by Crippen LogP contribution is -2.53. The lowest BCUT2D eigenvalue weighted by Gasteiger charge is -2.39. The molecule has 0 bridgehead atoms. The number of benzene rings is 1. The second-order valence-corrected chi connectivity index (χ2v) is 5.27. The number of nitrogens with zero attached hydrogens (tertiary/aromatic N) is 2. The molecule has 2 atom stereocenters.